The average molecular weight is 515 g/mol. The van der Waals surface area contributed by atoms with Crippen LogP contribution in [-0.4, -0.2) is 38.6 Å². The molecule has 142 valence electrons. The third-order valence-electron chi connectivity index (χ3n) is 4.23. The van der Waals surface area contributed by atoms with Crippen molar-refractivity contribution in [1.29, 1.82) is 5.26 Å². The first-order valence-corrected chi connectivity index (χ1v) is 11.3. The molecule has 2 aromatic carbocycles. The highest BCUT2D eigenvalue weighted by molar-refractivity contribution is 9.11. The van der Waals surface area contributed by atoms with Crippen LogP contribution >= 0.6 is 31.9 Å². The summed E-state index contributed by atoms with van der Waals surface area (Å²) in [5, 5.41) is 9.38. The maximum atomic E-state index is 12.7. The van der Waals surface area contributed by atoms with E-state index in [1.165, 1.54) is 0 Å². The van der Waals surface area contributed by atoms with Crippen LogP contribution in [0.5, 0.6) is 5.75 Å². The molecule has 0 spiro atoms. The number of benzene rings is 2. The van der Waals surface area contributed by atoms with E-state index < -0.39 is 10.0 Å². The number of nitriles is 1. The topological polar surface area (TPSA) is 82.4 Å². The number of para-hydroxylation sites is 1. The fourth-order valence-corrected chi connectivity index (χ4v) is 5.70. The molecule has 0 saturated carbocycles. The Morgan fingerprint density at radius 2 is 1.96 bits per heavy atom. The van der Waals surface area contributed by atoms with Crippen LogP contribution in [0.3, 0.4) is 0 Å². The Labute approximate surface area is 175 Å². The van der Waals surface area contributed by atoms with E-state index >= 15 is 0 Å². The van der Waals surface area contributed by atoms with Crippen LogP contribution in [0.2, 0.25) is 0 Å². The van der Waals surface area contributed by atoms with Gasteiger partial charge in [0.25, 0.3) is 0 Å². The summed E-state index contributed by atoms with van der Waals surface area (Å²) >= 11 is 6.57. The van der Waals surface area contributed by atoms with E-state index in [2.05, 4.69) is 42.8 Å². The van der Waals surface area contributed by atoms with Gasteiger partial charge in [-0.1, -0.05) is 34.1 Å². The summed E-state index contributed by atoms with van der Waals surface area (Å²) in [7, 11) is -3.72. The van der Waals surface area contributed by atoms with Gasteiger partial charge in [0.1, 0.15) is 12.4 Å². The van der Waals surface area contributed by atoms with Crippen LogP contribution in [0.1, 0.15) is 6.42 Å². The number of likely N-dealkylation sites (tertiary alicyclic amines) is 1. The first-order valence-electron chi connectivity index (χ1n) is 8.20. The largest absolute Gasteiger partial charge is 0.491 e. The van der Waals surface area contributed by atoms with Crippen LogP contribution < -0.4 is 9.46 Å². The van der Waals surface area contributed by atoms with Gasteiger partial charge in [0.15, 0.2) is 6.19 Å². The number of halogens is 2. The number of sulfonamides is 1. The fourth-order valence-electron chi connectivity index (χ4n) is 2.96. The summed E-state index contributed by atoms with van der Waals surface area (Å²) in [5.74, 6) is 0.720. The van der Waals surface area contributed by atoms with Crippen molar-refractivity contribution in [1.82, 2.24) is 9.62 Å². The predicted molar refractivity (Wildman–Crippen MR) is 109 cm³/mol. The third-order valence-corrected chi connectivity index (χ3v) is 7.24. The molecule has 3 rings (SSSR count). The van der Waals surface area contributed by atoms with E-state index in [1.807, 2.05) is 30.3 Å². The van der Waals surface area contributed by atoms with Gasteiger partial charge in [0.2, 0.25) is 10.0 Å². The minimum absolute atomic E-state index is 0.157. The van der Waals surface area contributed by atoms with E-state index in [0.717, 1.165) is 5.75 Å². The highest BCUT2D eigenvalue weighted by Crippen LogP contribution is 2.27. The molecule has 0 amide bonds. The highest BCUT2D eigenvalue weighted by Gasteiger charge is 2.35. The lowest BCUT2D eigenvalue weighted by Crippen LogP contribution is -2.36. The van der Waals surface area contributed by atoms with Gasteiger partial charge in [-0.05, 0) is 52.7 Å². The minimum atomic E-state index is -3.72. The average Bonchev–Trinajstić information content (AvgIpc) is 3.03. The Morgan fingerprint density at radius 3 is 2.67 bits per heavy atom. The van der Waals surface area contributed by atoms with Gasteiger partial charge < -0.3 is 9.64 Å². The lowest BCUT2D eigenvalue weighted by Gasteiger charge is -2.18. The molecule has 0 bridgehead atoms. The first kappa shape index (κ1) is 20.1. The molecule has 0 aliphatic carbocycles. The number of nitrogens with zero attached hydrogens (tertiary/aromatic N) is 2. The predicted octanol–water partition coefficient (Wildman–Crippen LogP) is 3.49. The zero-order valence-electron chi connectivity index (χ0n) is 14.2. The highest BCUT2D eigenvalue weighted by atomic mass is 79.9. The smallest absolute Gasteiger partial charge is 0.242 e. The van der Waals surface area contributed by atoms with Crippen molar-refractivity contribution >= 4 is 41.9 Å². The van der Waals surface area contributed by atoms with E-state index in [-0.39, 0.29) is 17.0 Å². The Bertz CT molecular complexity index is 948. The molecule has 27 heavy (non-hydrogen) atoms. The third kappa shape index (κ3) is 5.02. The molecule has 2 aromatic rings. The summed E-state index contributed by atoms with van der Waals surface area (Å²) in [5.41, 5.74) is 0. The Kier molecular flexibility index (Phi) is 6.42. The van der Waals surface area contributed by atoms with Crippen LogP contribution in [-0.2, 0) is 10.0 Å². The number of hydrogen-bond donors (Lipinski definition) is 1. The maximum Gasteiger partial charge on any atom is 0.242 e. The zero-order chi connectivity index (χ0) is 19.4. The first-order chi connectivity index (χ1) is 12.9. The van der Waals surface area contributed by atoms with E-state index in [1.54, 1.807) is 23.1 Å². The molecule has 0 radical (unpaired) electrons. The molecule has 1 fully saturated rings. The van der Waals surface area contributed by atoms with Crippen molar-refractivity contribution in [3.05, 3.63) is 57.5 Å². The van der Waals surface area contributed by atoms with Crippen molar-refractivity contribution in [3.8, 4) is 11.9 Å². The second-order valence-electron chi connectivity index (χ2n) is 6.16. The van der Waals surface area contributed by atoms with Gasteiger partial charge in [-0.15, -0.1) is 0 Å². The summed E-state index contributed by atoms with van der Waals surface area (Å²) in [6.07, 6.45) is 2.62. The summed E-state index contributed by atoms with van der Waals surface area (Å²) < 4.78 is 35.1. The van der Waals surface area contributed by atoms with Crippen molar-refractivity contribution in [2.24, 2.45) is 0 Å². The minimum Gasteiger partial charge on any atom is -0.491 e. The molecule has 1 N–H and O–H groups in total. The van der Waals surface area contributed by atoms with E-state index in [9.17, 15) is 13.7 Å². The second-order valence-corrected chi connectivity index (χ2v) is 9.61. The van der Waals surface area contributed by atoms with Crippen molar-refractivity contribution in [2.45, 2.75) is 23.4 Å². The van der Waals surface area contributed by atoms with Crippen molar-refractivity contribution in [3.63, 3.8) is 0 Å². The Balaban J connectivity index is 1.67. The lowest BCUT2D eigenvalue weighted by atomic mass is 10.2. The van der Waals surface area contributed by atoms with Gasteiger partial charge in [0.05, 0.1) is 10.9 Å². The van der Waals surface area contributed by atoms with Gasteiger partial charge in [-0.3, -0.25) is 0 Å². The molecule has 1 saturated heterocycles. The molecule has 0 aromatic heterocycles. The molecule has 1 aliphatic rings. The molecule has 2 unspecified atom stereocenters. The monoisotopic (exact) mass is 513 g/mol. The van der Waals surface area contributed by atoms with Crippen LogP contribution in [0.4, 0.5) is 0 Å². The molecular weight excluding hydrogens is 498 g/mol. The molecule has 6 nitrogen and oxygen atoms in total. The SMILES string of the molecule is N#CN1CC(NS(=O)(=O)c2cc(Br)ccc2Br)CC1COc1ccccc1. The van der Waals surface area contributed by atoms with Gasteiger partial charge in [-0.25, -0.2) is 13.1 Å². The van der Waals surface area contributed by atoms with Crippen LogP contribution in [0, 0.1) is 11.5 Å². The van der Waals surface area contributed by atoms with E-state index in [0.29, 0.717) is 28.5 Å². The number of hydrogen-bond acceptors (Lipinski definition) is 5. The lowest BCUT2D eigenvalue weighted by molar-refractivity contribution is 0.219. The van der Waals surface area contributed by atoms with Gasteiger partial charge >= 0.3 is 0 Å². The maximum absolute atomic E-state index is 12.7. The van der Waals surface area contributed by atoms with Crippen LogP contribution in [0.15, 0.2) is 62.4 Å². The Morgan fingerprint density at radius 1 is 1.22 bits per heavy atom. The van der Waals surface area contributed by atoms with E-state index in [4.69, 9.17) is 4.74 Å². The molecule has 9 heteroatoms. The number of ether oxygens (including phenoxy) is 1. The van der Waals surface area contributed by atoms with Crippen LogP contribution in [0.25, 0.3) is 0 Å². The fraction of sp³-hybridized carbons (Fsp3) is 0.278. The molecule has 1 heterocycles. The second kappa shape index (κ2) is 8.61. The normalized spacial score (nSPS) is 19.7. The van der Waals surface area contributed by atoms with Crippen molar-refractivity contribution < 1.29 is 13.2 Å². The summed E-state index contributed by atoms with van der Waals surface area (Å²) in [4.78, 5) is 1.72. The summed E-state index contributed by atoms with van der Waals surface area (Å²) in [6.45, 7) is 0.626. The quantitative estimate of drug-likeness (QED) is 0.596. The number of nitrogens with one attached hydrogen (secondary N) is 1. The number of rotatable bonds is 6. The molecule has 1 aliphatic heterocycles. The molecular formula is C18H17Br2N3O3S. The molecule has 2 atom stereocenters. The van der Waals surface area contributed by atoms with Gasteiger partial charge in [-0.2, -0.15) is 5.26 Å². The van der Waals surface area contributed by atoms with Gasteiger partial charge in [0, 0.05) is 21.5 Å². The Hall–Kier alpha value is -1.60. The standard InChI is InChI=1S/C18H17Br2N3O3S/c19-13-6-7-17(20)18(8-13)27(24,25)22-14-9-15(23(10-14)12-21)11-26-16-4-2-1-3-5-16/h1-8,14-15,22H,9-11H2. The summed E-state index contributed by atoms with van der Waals surface area (Å²) in [6, 6.07) is 13.7. The zero-order valence-corrected chi connectivity index (χ0v) is 18.2. The van der Waals surface area contributed by atoms with Crippen molar-refractivity contribution in [2.75, 3.05) is 13.2 Å².